The number of aliphatic hydroxyl groups is 1. The van der Waals surface area contributed by atoms with Crippen LogP contribution >= 0.6 is 12.6 Å². The van der Waals surface area contributed by atoms with Crippen LogP contribution in [0, 0.1) is 13.8 Å². The van der Waals surface area contributed by atoms with Gasteiger partial charge in [0.05, 0.1) is 13.2 Å². The number of primary amides is 1. The highest BCUT2D eigenvalue weighted by molar-refractivity contribution is 7.79. The van der Waals surface area contributed by atoms with Crippen molar-refractivity contribution >= 4 is 24.2 Å². The zero-order valence-electron chi connectivity index (χ0n) is 26.4. The van der Waals surface area contributed by atoms with E-state index < -0.39 is 0 Å². The van der Waals surface area contributed by atoms with Crippen molar-refractivity contribution in [3.05, 3.63) is 102 Å². The Morgan fingerprint density at radius 1 is 0.822 bits per heavy atom. The first-order chi connectivity index (χ1) is 21.9. The van der Waals surface area contributed by atoms with Crippen LogP contribution in [0.3, 0.4) is 0 Å². The molecule has 9 heteroatoms. The topological polar surface area (TPSA) is 118 Å². The molecular formula is C36H44N6O2S. The fourth-order valence-corrected chi connectivity index (χ4v) is 5.51. The Bertz CT molecular complexity index is 1700. The van der Waals surface area contributed by atoms with Crippen LogP contribution in [0.5, 0.6) is 0 Å². The van der Waals surface area contributed by atoms with Crippen LogP contribution in [0.4, 0.5) is 0 Å². The van der Waals surface area contributed by atoms with Gasteiger partial charge in [-0.05, 0) is 102 Å². The molecule has 0 aliphatic heterocycles. The number of nitrogens with two attached hydrogens (primary N) is 1. The molecular weight excluding hydrogens is 581 g/mol. The predicted octanol–water partition coefficient (Wildman–Crippen LogP) is 5.72. The van der Waals surface area contributed by atoms with Gasteiger partial charge in [-0.25, -0.2) is 9.50 Å². The van der Waals surface area contributed by atoms with Crippen molar-refractivity contribution in [2.75, 3.05) is 26.0 Å². The molecule has 2 aromatic heterocycles. The molecule has 1 amide bonds. The summed E-state index contributed by atoms with van der Waals surface area (Å²) in [6.07, 6.45) is 5.75. The molecule has 2 heterocycles. The molecule has 0 atom stereocenters. The second-order valence-corrected chi connectivity index (χ2v) is 10.9. The van der Waals surface area contributed by atoms with Crippen molar-refractivity contribution in [3.8, 4) is 33.4 Å². The largest absolute Gasteiger partial charge is 0.395 e. The third-order valence-corrected chi connectivity index (χ3v) is 7.84. The third kappa shape index (κ3) is 8.79. The molecule has 5 rings (SSSR count). The molecule has 8 nitrogen and oxygen atoms in total. The van der Waals surface area contributed by atoms with E-state index in [1.807, 2.05) is 10.7 Å². The summed E-state index contributed by atoms with van der Waals surface area (Å²) in [5.41, 5.74) is 16.8. The second-order valence-electron chi connectivity index (χ2n) is 10.9. The van der Waals surface area contributed by atoms with Crippen LogP contribution in [0.2, 0.25) is 0 Å². The molecule has 5 N–H and O–H groups in total. The molecule has 0 aliphatic rings. The van der Waals surface area contributed by atoms with Crippen molar-refractivity contribution in [2.45, 2.75) is 46.2 Å². The van der Waals surface area contributed by atoms with Crippen LogP contribution in [0.15, 0.2) is 79.0 Å². The monoisotopic (exact) mass is 624 g/mol. The summed E-state index contributed by atoms with van der Waals surface area (Å²) in [5.74, 6) is 0.479. The molecule has 0 saturated heterocycles. The molecule has 0 saturated carbocycles. The number of amides is 1. The summed E-state index contributed by atoms with van der Waals surface area (Å²) >= 11 is 3.53. The maximum absolute atomic E-state index is 10.9. The number of pyridine rings is 1. The normalized spacial score (nSPS) is 11.0. The summed E-state index contributed by atoms with van der Waals surface area (Å²) in [6, 6.07) is 25.8. The number of carbonyl (C=O) groups excluding carboxylic acids is 1. The fourth-order valence-electron chi connectivity index (χ4n) is 5.51. The van der Waals surface area contributed by atoms with Gasteiger partial charge in [0, 0.05) is 25.7 Å². The van der Waals surface area contributed by atoms with Crippen LogP contribution in [0.25, 0.3) is 39.0 Å². The van der Waals surface area contributed by atoms with E-state index in [0.717, 1.165) is 43.0 Å². The van der Waals surface area contributed by atoms with Gasteiger partial charge in [-0.2, -0.15) is 12.6 Å². The summed E-state index contributed by atoms with van der Waals surface area (Å²) in [5, 5.41) is 20.2. The molecule has 0 radical (unpaired) electrons. The number of fused-ring (bicyclic) bond motifs is 1. The average molecular weight is 625 g/mol. The van der Waals surface area contributed by atoms with Gasteiger partial charge in [-0.1, -0.05) is 60.7 Å². The molecule has 0 unspecified atom stereocenters. The number of aliphatic hydroxyl groups excluding tert-OH is 1. The Balaban J connectivity index is 0.00000226. The highest BCUT2D eigenvalue weighted by Crippen LogP contribution is 2.37. The van der Waals surface area contributed by atoms with Gasteiger partial charge < -0.3 is 21.5 Å². The first kappa shape index (κ1) is 33.9. The molecule has 5 aromatic rings. The zero-order chi connectivity index (χ0) is 32.2. The van der Waals surface area contributed by atoms with Gasteiger partial charge in [0.1, 0.15) is 0 Å². The summed E-state index contributed by atoms with van der Waals surface area (Å²) < 4.78 is 1.81. The average Bonchev–Trinajstić information content (AvgIpc) is 3.47. The Kier molecular flexibility index (Phi) is 12.7. The highest BCUT2D eigenvalue weighted by Gasteiger charge is 2.14. The van der Waals surface area contributed by atoms with Crippen molar-refractivity contribution in [2.24, 2.45) is 5.73 Å². The molecule has 0 aliphatic carbocycles. The van der Waals surface area contributed by atoms with Crippen molar-refractivity contribution in [1.29, 1.82) is 0 Å². The van der Waals surface area contributed by atoms with Crippen LogP contribution in [-0.4, -0.2) is 51.6 Å². The predicted molar refractivity (Wildman–Crippen MR) is 187 cm³/mol. The Morgan fingerprint density at radius 3 is 2.09 bits per heavy atom. The van der Waals surface area contributed by atoms with E-state index in [0.29, 0.717) is 19.5 Å². The standard InChI is InChI=1S/C35H40N6O2.CH4S/c1-24-29(27-14-12-26(13-15-27)22-38-18-20-42)7-5-9-31(24)32-10-6-8-30(25(32)2)28-16-19-41-35(21-28)39-34(40-41)23-37-17-4-3-11-33(36)43;1-2/h5-10,12-16,19,21,37-38,42H,3-4,11,17-18,20,22-23H2,1-2H3,(H2,36,43);2H,1H3. The number of aromatic nitrogens is 3. The number of nitrogens with one attached hydrogen (secondary N) is 2. The zero-order valence-corrected chi connectivity index (χ0v) is 27.3. The maximum Gasteiger partial charge on any atom is 0.217 e. The van der Waals surface area contributed by atoms with Crippen LogP contribution in [-0.2, 0) is 17.9 Å². The Hall–Kier alpha value is -4.02. The lowest BCUT2D eigenvalue weighted by molar-refractivity contribution is -0.118. The molecule has 0 bridgehead atoms. The summed E-state index contributed by atoms with van der Waals surface area (Å²) in [4.78, 5) is 15.6. The molecule has 0 fully saturated rings. The smallest absolute Gasteiger partial charge is 0.217 e. The number of rotatable bonds is 14. The number of hydrogen-bond acceptors (Lipinski definition) is 7. The SMILES string of the molecule is CS.Cc1c(-c2ccc(CNCCO)cc2)cccc1-c1cccc(-c2ccn3nc(CNCCCCC(N)=O)nc3c2)c1C. The van der Waals surface area contributed by atoms with E-state index in [9.17, 15) is 4.79 Å². The molecule has 3 aromatic carbocycles. The lowest BCUT2D eigenvalue weighted by atomic mass is 9.88. The third-order valence-electron chi connectivity index (χ3n) is 7.84. The number of thiol groups is 1. The first-order valence-corrected chi connectivity index (χ1v) is 16.2. The summed E-state index contributed by atoms with van der Waals surface area (Å²) in [6.45, 7) is 7.21. The Morgan fingerprint density at radius 2 is 1.44 bits per heavy atom. The lowest BCUT2D eigenvalue weighted by Crippen LogP contribution is -2.17. The van der Waals surface area contributed by atoms with E-state index in [2.05, 4.69) is 115 Å². The van der Waals surface area contributed by atoms with Gasteiger partial charge >= 0.3 is 0 Å². The number of unbranched alkanes of at least 4 members (excludes halogenated alkanes) is 1. The van der Waals surface area contributed by atoms with E-state index in [1.54, 1.807) is 6.26 Å². The van der Waals surface area contributed by atoms with E-state index >= 15 is 0 Å². The Labute approximate surface area is 271 Å². The quantitative estimate of drug-likeness (QED) is 0.0797. The number of hydrogen-bond donors (Lipinski definition) is 5. The summed E-state index contributed by atoms with van der Waals surface area (Å²) in [7, 11) is 0. The van der Waals surface area contributed by atoms with Gasteiger partial charge in [0.25, 0.3) is 0 Å². The minimum absolute atomic E-state index is 0.140. The van der Waals surface area contributed by atoms with Crippen molar-refractivity contribution in [3.63, 3.8) is 0 Å². The van der Waals surface area contributed by atoms with Gasteiger partial charge in [-0.15, -0.1) is 5.10 Å². The fraction of sp³-hybridized carbons (Fsp3) is 0.306. The maximum atomic E-state index is 10.9. The first-order valence-electron chi connectivity index (χ1n) is 15.3. The van der Waals surface area contributed by atoms with E-state index in [1.165, 1.54) is 44.5 Å². The molecule has 0 spiro atoms. The second kappa shape index (κ2) is 16.9. The number of carbonyl (C=O) groups is 1. The van der Waals surface area contributed by atoms with Gasteiger partial charge in [-0.3, -0.25) is 4.79 Å². The van der Waals surface area contributed by atoms with Gasteiger partial charge in [0.2, 0.25) is 5.91 Å². The lowest BCUT2D eigenvalue weighted by Gasteiger charge is -2.16. The van der Waals surface area contributed by atoms with Gasteiger partial charge in [0.15, 0.2) is 11.5 Å². The van der Waals surface area contributed by atoms with E-state index in [4.69, 9.17) is 15.8 Å². The molecule has 45 heavy (non-hydrogen) atoms. The minimum atomic E-state index is -0.256. The van der Waals surface area contributed by atoms with E-state index in [-0.39, 0.29) is 12.5 Å². The highest BCUT2D eigenvalue weighted by atomic mass is 32.1. The molecule has 236 valence electrons. The minimum Gasteiger partial charge on any atom is -0.395 e. The van der Waals surface area contributed by atoms with Crippen molar-refractivity contribution < 1.29 is 9.90 Å². The van der Waals surface area contributed by atoms with Crippen LogP contribution in [0.1, 0.15) is 41.8 Å². The van der Waals surface area contributed by atoms with Crippen molar-refractivity contribution in [1.82, 2.24) is 25.2 Å². The number of nitrogens with zero attached hydrogens (tertiary/aromatic N) is 3. The number of benzene rings is 3. The van der Waals surface area contributed by atoms with Crippen LogP contribution < -0.4 is 16.4 Å².